The fourth-order valence-corrected chi connectivity index (χ4v) is 1.36. The number of benzene rings is 1. The van der Waals surface area contributed by atoms with Crippen LogP contribution in [-0.2, 0) is 0 Å². The molecule has 0 atom stereocenters. The van der Waals surface area contributed by atoms with Crippen LogP contribution >= 0.6 is 0 Å². The lowest BCUT2D eigenvalue weighted by molar-refractivity contribution is 0.386. The first-order chi connectivity index (χ1) is 7.22. The van der Waals surface area contributed by atoms with Gasteiger partial charge in [0.2, 0.25) is 0 Å². The van der Waals surface area contributed by atoms with Gasteiger partial charge < -0.3 is 10.5 Å². The van der Waals surface area contributed by atoms with Gasteiger partial charge in [-0.2, -0.15) is 5.10 Å². The highest BCUT2D eigenvalue weighted by molar-refractivity contribution is 5.73. The summed E-state index contributed by atoms with van der Waals surface area (Å²) in [7, 11) is 1.42. The zero-order valence-electron chi connectivity index (χ0n) is 8.12. The van der Waals surface area contributed by atoms with Gasteiger partial charge >= 0.3 is 0 Å². The molecular weight excluding hydrogens is 197 g/mol. The maximum atomic E-state index is 13.4. The van der Waals surface area contributed by atoms with Crippen LogP contribution in [-0.4, -0.2) is 17.3 Å². The summed E-state index contributed by atoms with van der Waals surface area (Å²) in [5.41, 5.74) is 6.97. The average molecular weight is 207 g/mol. The summed E-state index contributed by atoms with van der Waals surface area (Å²) in [5.74, 6) is 0.205. The number of aromatic nitrogens is 2. The minimum Gasteiger partial charge on any atom is -0.494 e. The third-order valence-electron chi connectivity index (χ3n) is 2.13. The number of rotatable bonds is 2. The monoisotopic (exact) mass is 207 g/mol. The lowest BCUT2D eigenvalue weighted by atomic mass is 10.1. The van der Waals surface area contributed by atoms with Crippen LogP contribution in [0.4, 0.5) is 10.2 Å². The molecule has 1 aromatic heterocycles. The van der Waals surface area contributed by atoms with Gasteiger partial charge in [0.25, 0.3) is 0 Å². The summed E-state index contributed by atoms with van der Waals surface area (Å²) in [4.78, 5) is 0. The van der Waals surface area contributed by atoms with E-state index in [0.29, 0.717) is 16.9 Å². The lowest BCUT2D eigenvalue weighted by Gasteiger charge is -2.04. The molecule has 0 bridgehead atoms. The van der Waals surface area contributed by atoms with E-state index in [4.69, 9.17) is 10.5 Å². The zero-order valence-corrected chi connectivity index (χ0v) is 8.12. The molecule has 0 aliphatic rings. The van der Waals surface area contributed by atoms with Gasteiger partial charge in [-0.15, -0.1) is 0 Å². The number of nitrogens with one attached hydrogen (secondary N) is 1. The number of nitrogens with two attached hydrogens (primary N) is 1. The quantitative estimate of drug-likeness (QED) is 0.789. The largest absolute Gasteiger partial charge is 0.494 e. The highest BCUT2D eigenvalue weighted by atomic mass is 19.1. The van der Waals surface area contributed by atoms with E-state index in [1.807, 2.05) is 0 Å². The second-order valence-corrected chi connectivity index (χ2v) is 3.05. The summed E-state index contributed by atoms with van der Waals surface area (Å²) in [5, 5.41) is 6.36. The lowest BCUT2D eigenvalue weighted by Crippen LogP contribution is -1.90. The van der Waals surface area contributed by atoms with Crippen LogP contribution < -0.4 is 10.5 Å². The molecule has 0 radical (unpaired) electrons. The Bertz CT molecular complexity index is 481. The van der Waals surface area contributed by atoms with Crippen molar-refractivity contribution in [2.45, 2.75) is 0 Å². The number of H-pyrrole nitrogens is 1. The Hall–Kier alpha value is -2.04. The summed E-state index contributed by atoms with van der Waals surface area (Å²) < 4.78 is 18.2. The number of aromatic amines is 1. The van der Waals surface area contributed by atoms with Gasteiger partial charge in [0.1, 0.15) is 5.82 Å². The summed E-state index contributed by atoms with van der Waals surface area (Å²) >= 11 is 0. The molecule has 2 aromatic rings. The second-order valence-electron chi connectivity index (χ2n) is 3.05. The smallest absolute Gasteiger partial charge is 0.165 e. The van der Waals surface area contributed by atoms with Gasteiger partial charge in [0.15, 0.2) is 11.6 Å². The van der Waals surface area contributed by atoms with Gasteiger partial charge in [-0.3, -0.25) is 5.10 Å². The van der Waals surface area contributed by atoms with Crippen molar-refractivity contribution in [3.8, 4) is 16.9 Å². The molecule has 0 aliphatic carbocycles. The molecule has 1 aromatic carbocycles. The molecule has 5 heteroatoms. The topological polar surface area (TPSA) is 63.9 Å². The van der Waals surface area contributed by atoms with Gasteiger partial charge in [-0.05, 0) is 17.7 Å². The Morgan fingerprint density at radius 2 is 2.27 bits per heavy atom. The molecule has 0 amide bonds. The number of anilines is 1. The minimum atomic E-state index is -0.421. The van der Waals surface area contributed by atoms with Crippen LogP contribution in [0, 0.1) is 5.82 Å². The van der Waals surface area contributed by atoms with Crippen LogP contribution in [0.2, 0.25) is 0 Å². The van der Waals surface area contributed by atoms with Crippen molar-refractivity contribution >= 4 is 5.82 Å². The van der Waals surface area contributed by atoms with E-state index in [0.717, 1.165) is 0 Å². The highest BCUT2D eigenvalue weighted by Gasteiger charge is 2.08. The fourth-order valence-electron chi connectivity index (χ4n) is 1.36. The summed E-state index contributed by atoms with van der Waals surface area (Å²) in [6.07, 6.45) is 1.55. The number of ether oxygens (including phenoxy) is 1. The van der Waals surface area contributed by atoms with E-state index in [-0.39, 0.29) is 5.75 Å². The number of hydrogen-bond acceptors (Lipinski definition) is 3. The molecule has 0 saturated heterocycles. The van der Waals surface area contributed by atoms with E-state index >= 15 is 0 Å². The van der Waals surface area contributed by atoms with Crippen molar-refractivity contribution in [1.82, 2.24) is 10.2 Å². The Morgan fingerprint density at radius 3 is 2.80 bits per heavy atom. The predicted molar refractivity (Wildman–Crippen MR) is 54.9 cm³/mol. The van der Waals surface area contributed by atoms with Gasteiger partial charge in [-0.1, -0.05) is 6.07 Å². The van der Waals surface area contributed by atoms with E-state index in [2.05, 4.69) is 10.2 Å². The Balaban J connectivity index is 2.47. The molecule has 0 unspecified atom stereocenters. The van der Waals surface area contributed by atoms with Crippen LogP contribution in [0.3, 0.4) is 0 Å². The van der Waals surface area contributed by atoms with E-state index in [1.54, 1.807) is 18.3 Å². The minimum absolute atomic E-state index is 0.209. The summed E-state index contributed by atoms with van der Waals surface area (Å²) in [6.45, 7) is 0. The number of hydrogen-bond donors (Lipinski definition) is 2. The van der Waals surface area contributed by atoms with Gasteiger partial charge in [-0.25, -0.2) is 4.39 Å². The third kappa shape index (κ3) is 1.63. The number of halogens is 1. The second kappa shape index (κ2) is 3.61. The number of nitrogen functional groups attached to an aromatic ring is 1. The first-order valence-electron chi connectivity index (χ1n) is 4.35. The molecule has 0 spiro atoms. The Kier molecular flexibility index (Phi) is 2.29. The number of methoxy groups -OCH3 is 1. The first-order valence-corrected chi connectivity index (χ1v) is 4.35. The first kappa shape index (κ1) is 9.51. The van der Waals surface area contributed by atoms with Crippen molar-refractivity contribution in [2.24, 2.45) is 0 Å². The van der Waals surface area contributed by atoms with Crippen LogP contribution in [0.5, 0.6) is 5.75 Å². The van der Waals surface area contributed by atoms with Crippen molar-refractivity contribution in [3.63, 3.8) is 0 Å². The molecular formula is C10H10FN3O. The fraction of sp³-hybridized carbons (Fsp3) is 0.100. The maximum absolute atomic E-state index is 13.4. The van der Waals surface area contributed by atoms with Crippen LogP contribution in [0.25, 0.3) is 11.1 Å². The Labute approximate surface area is 85.9 Å². The molecule has 4 nitrogen and oxygen atoms in total. The Morgan fingerprint density at radius 1 is 1.47 bits per heavy atom. The zero-order chi connectivity index (χ0) is 10.8. The highest BCUT2D eigenvalue weighted by Crippen LogP contribution is 2.27. The molecule has 15 heavy (non-hydrogen) atoms. The van der Waals surface area contributed by atoms with Crippen LogP contribution in [0.15, 0.2) is 24.4 Å². The molecule has 0 saturated carbocycles. The molecule has 2 rings (SSSR count). The third-order valence-corrected chi connectivity index (χ3v) is 2.13. The van der Waals surface area contributed by atoms with Crippen molar-refractivity contribution in [1.29, 1.82) is 0 Å². The molecule has 0 fully saturated rings. The summed E-state index contributed by atoms with van der Waals surface area (Å²) in [6, 6.07) is 4.64. The van der Waals surface area contributed by atoms with E-state index in [1.165, 1.54) is 13.2 Å². The van der Waals surface area contributed by atoms with Gasteiger partial charge in [0.05, 0.1) is 13.3 Å². The predicted octanol–water partition coefficient (Wildman–Crippen LogP) is 1.81. The van der Waals surface area contributed by atoms with Crippen LogP contribution in [0.1, 0.15) is 0 Å². The molecule has 0 aliphatic heterocycles. The van der Waals surface area contributed by atoms with Gasteiger partial charge in [0, 0.05) is 5.56 Å². The average Bonchev–Trinajstić information content (AvgIpc) is 2.64. The van der Waals surface area contributed by atoms with E-state index < -0.39 is 5.82 Å². The number of nitrogens with zero attached hydrogens (tertiary/aromatic N) is 1. The van der Waals surface area contributed by atoms with E-state index in [9.17, 15) is 4.39 Å². The standard InChI is InChI=1S/C10H10FN3O/c1-15-9-3-2-6(4-8(9)11)7-5-13-14-10(7)12/h2-5H,1H3,(H3,12,13,14). The molecule has 3 N–H and O–H groups in total. The maximum Gasteiger partial charge on any atom is 0.165 e. The van der Waals surface area contributed by atoms with Crippen molar-refractivity contribution in [2.75, 3.05) is 12.8 Å². The van der Waals surface area contributed by atoms with Crippen molar-refractivity contribution < 1.29 is 9.13 Å². The molecule has 78 valence electrons. The SMILES string of the molecule is COc1ccc(-c2cn[nH]c2N)cc1F. The normalized spacial score (nSPS) is 10.3. The molecule has 1 heterocycles. The van der Waals surface area contributed by atoms with Crippen molar-refractivity contribution in [3.05, 3.63) is 30.2 Å².